The molecule has 0 amide bonds. The average Bonchev–Trinajstić information content (AvgIpc) is 2.70. The van der Waals surface area contributed by atoms with Gasteiger partial charge in [0.1, 0.15) is 9.84 Å². The van der Waals surface area contributed by atoms with E-state index in [-0.39, 0.29) is 0 Å². The van der Waals surface area contributed by atoms with Crippen molar-refractivity contribution in [2.24, 2.45) is 0 Å². The van der Waals surface area contributed by atoms with Crippen molar-refractivity contribution in [1.29, 1.82) is 0 Å². The third kappa shape index (κ3) is 24.1. The van der Waals surface area contributed by atoms with Gasteiger partial charge < -0.3 is 0 Å². The Balaban J connectivity index is 3.32. The first-order valence-electron chi connectivity index (χ1n) is 13.3. The minimum Gasteiger partial charge on any atom is -0.229 e. The Labute approximate surface area is 184 Å². The highest BCUT2D eigenvalue weighted by Gasteiger charge is 2.09. The van der Waals surface area contributed by atoms with Crippen LogP contribution in [0.2, 0.25) is 0 Å². The highest BCUT2D eigenvalue weighted by Crippen LogP contribution is 2.14. The highest BCUT2D eigenvalue weighted by molar-refractivity contribution is 7.91. The first-order chi connectivity index (χ1) is 14.1. The number of rotatable bonds is 24. The summed E-state index contributed by atoms with van der Waals surface area (Å²) in [6, 6.07) is 0. The summed E-state index contributed by atoms with van der Waals surface area (Å²) in [5.41, 5.74) is 0. The minimum absolute atomic E-state index is 0.418. The van der Waals surface area contributed by atoms with Crippen molar-refractivity contribution in [2.75, 3.05) is 11.5 Å². The molecule has 0 saturated carbocycles. The summed E-state index contributed by atoms with van der Waals surface area (Å²) in [5.74, 6) is 0.837. The van der Waals surface area contributed by atoms with Crippen LogP contribution in [0.25, 0.3) is 0 Å². The van der Waals surface area contributed by atoms with Gasteiger partial charge in [0, 0.05) is 0 Å². The van der Waals surface area contributed by atoms with Crippen LogP contribution in [0, 0.1) is 0 Å². The molecule has 0 atom stereocenters. The van der Waals surface area contributed by atoms with Gasteiger partial charge in [0.25, 0.3) is 0 Å². The zero-order valence-corrected chi connectivity index (χ0v) is 21.0. The molecule has 0 heterocycles. The Morgan fingerprint density at radius 3 is 0.793 bits per heavy atom. The Bertz CT molecular complexity index is 371. The molecule has 0 unspecified atom stereocenters. The van der Waals surface area contributed by atoms with E-state index in [1.54, 1.807) is 0 Å². The first kappa shape index (κ1) is 28.9. The normalized spacial score (nSPS) is 11.9. The standard InChI is InChI=1S/C26H54O2S/c1-3-5-7-9-11-13-15-17-19-21-23-25-29(27,28)26-24-22-20-18-16-14-12-10-8-6-4-2/h3-26H2,1-2H3. The SMILES string of the molecule is CCCCCCCCCCCCCS(=O)(=O)CCCCCCCCCCCCC. The van der Waals surface area contributed by atoms with Gasteiger partial charge in [-0.05, 0) is 12.8 Å². The number of hydrogen-bond acceptors (Lipinski definition) is 2. The lowest BCUT2D eigenvalue weighted by Gasteiger charge is -2.05. The van der Waals surface area contributed by atoms with Gasteiger partial charge in [-0.25, -0.2) is 8.42 Å². The number of unbranched alkanes of at least 4 members (excludes halogenated alkanes) is 20. The molecular weight excluding hydrogens is 376 g/mol. The van der Waals surface area contributed by atoms with Crippen molar-refractivity contribution in [1.82, 2.24) is 0 Å². The molecular formula is C26H54O2S. The van der Waals surface area contributed by atoms with Crippen molar-refractivity contribution in [2.45, 2.75) is 155 Å². The summed E-state index contributed by atoms with van der Waals surface area (Å²) in [6.07, 6.45) is 28.1. The first-order valence-corrected chi connectivity index (χ1v) is 15.1. The minimum atomic E-state index is -2.80. The summed E-state index contributed by atoms with van der Waals surface area (Å²) in [5, 5.41) is 0. The summed E-state index contributed by atoms with van der Waals surface area (Å²) in [6.45, 7) is 4.52. The molecule has 0 aliphatic carbocycles. The second kappa shape index (κ2) is 22.6. The van der Waals surface area contributed by atoms with Gasteiger partial charge in [0.15, 0.2) is 0 Å². The van der Waals surface area contributed by atoms with E-state index in [1.807, 2.05) is 0 Å². The van der Waals surface area contributed by atoms with E-state index < -0.39 is 9.84 Å². The van der Waals surface area contributed by atoms with Crippen LogP contribution < -0.4 is 0 Å². The lowest BCUT2D eigenvalue weighted by atomic mass is 10.1. The molecule has 176 valence electrons. The fourth-order valence-corrected chi connectivity index (χ4v) is 5.57. The molecule has 0 aromatic carbocycles. The Kier molecular flexibility index (Phi) is 22.6. The maximum absolute atomic E-state index is 12.2. The molecule has 0 aliphatic rings. The molecule has 0 N–H and O–H groups in total. The molecule has 0 fully saturated rings. The van der Waals surface area contributed by atoms with Crippen LogP contribution in [-0.2, 0) is 9.84 Å². The zero-order valence-electron chi connectivity index (χ0n) is 20.2. The predicted molar refractivity (Wildman–Crippen MR) is 132 cm³/mol. The zero-order chi connectivity index (χ0) is 21.5. The van der Waals surface area contributed by atoms with Gasteiger partial charge in [0.2, 0.25) is 0 Å². The number of hydrogen-bond donors (Lipinski definition) is 0. The van der Waals surface area contributed by atoms with E-state index in [2.05, 4.69) is 13.8 Å². The van der Waals surface area contributed by atoms with Crippen LogP contribution in [0.15, 0.2) is 0 Å². The van der Waals surface area contributed by atoms with Crippen LogP contribution >= 0.6 is 0 Å². The van der Waals surface area contributed by atoms with Gasteiger partial charge in [-0.2, -0.15) is 0 Å². The van der Waals surface area contributed by atoms with E-state index in [0.29, 0.717) is 11.5 Å². The van der Waals surface area contributed by atoms with E-state index >= 15 is 0 Å². The highest BCUT2D eigenvalue weighted by atomic mass is 32.2. The van der Waals surface area contributed by atoms with Gasteiger partial charge in [-0.1, -0.05) is 142 Å². The van der Waals surface area contributed by atoms with Crippen molar-refractivity contribution in [3.63, 3.8) is 0 Å². The molecule has 0 rings (SSSR count). The summed E-state index contributed by atoms with van der Waals surface area (Å²) < 4.78 is 24.3. The average molecular weight is 431 g/mol. The third-order valence-corrected chi connectivity index (χ3v) is 7.94. The van der Waals surface area contributed by atoms with Gasteiger partial charge in [-0.3, -0.25) is 0 Å². The van der Waals surface area contributed by atoms with E-state index in [9.17, 15) is 8.42 Å². The van der Waals surface area contributed by atoms with Crippen molar-refractivity contribution in [3.05, 3.63) is 0 Å². The Morgan fingerprint density at radius 1 is 0.345 bits per heavy atom. The molecule has 0 radical (unpaired) electrons. The fraction of sp³-hybridized carbons (Fsp3) is 1.00. The molecule has 0 saturated heterocycles. The smallest absolute Gasteiger partial charge is 0.150 e. The lowest BCUT2D eigenvalue weighted by Crippen LogP contribution is -2.11. The monoisotopic (exact) mass is 430 g/mol. The van der Waals surface area contributed by atoms with E-state index in [0.717, 1.165) is 25.7 Å². The predicted octanol–water partition coefficient (Wildman–Crippen LogP) is 9.02. The van der Waals surface area contributed by atoms with Crippen LogP contribution in [0.5, 0.6) is 0 Å². The van der Waals surface area contributed by atoms with E-state index in [4.69, 9.17) is 0 Å². The maximum Gasteiger partial charge on any atom is 0.150 e. The van der Waals surface area contributed by atoms with Gasteiger partial charge in [-0.15, -0.1) is 0 Å². The van der Waals surface area contributed by atoms with Crippen molar-refractivity contribution in [3.8, 4) is 0 Å². The molecule has 0 aliphatic heterocycles. The summed E-state index contributed by atoms with van der Waals surface area (Å²) >= 11 is 0. The molecule has 0 aromatic rings. The molecule has 0 aromatic heterocycles. The largest absolute Gasteiger partial charge is 0.229 e. The molecule has 29 heavy (non-hydrogen) atoms. The fourth-order valence-electron chi connectivity index (χ4n) is 4.07. The van der Waals surface area contributed by atoms with Gasteiger partial charge in [0.05, 0.1) is 11.5 Å². The number of sulfone groups is 1. The lowest BCUT2D eigenvalue weighted by molar-refractivity contribution is 0.547. The molecule has 2 nitrogen and oxygen atoms in total. The Morgan fingerprint density at radius 2 is 0.552 bits per heavy atom. The molecule has 3 heteroatoms. The van der Waals surface area contributed by atoms with Crippen LogP contribution in [0.3, 0.4) is 0 Å². The van der Waals surface area contributed by atoms with Gasteiger partial charge >= 0.3 is 0 Å². The van der Waals surface area contributed by atoms with Crippen LogP contribution in [-0.4, -0.2) is 19.9 Å². The van der Waals surface area contributed by atoms with Crippen molar-refractivity contribution >= 4 is 9.84 Å². The second-order valence-electron chi connectivity index (χ2n) is 9.22. The molecule has 0 bridgehead atoms. The van der Waals surface area contributed by atoms with Crippen molar-refractivity contribution < 1.29 is 8.42 Å². The van der Waals surface area contributed by atoms with Crippen LogP contribution in [0.1, 0.15) is 155 Å². The summed E-state index contributed by atoms with van der Waals surface area (Å²) in [7, 11) is -2.80. The van der Waals surface area contributed by atoms with Crippen LogP contribution in [0.4, 0.5) is 0 Å². The second-order valence-corrected chi connectivity index (χ2v) is 11.5. The van der Waals surface area contributed by atoms with E-state index in [1.165, 1.54) is 116 Å². The maximum atomic E-state index is 12.2. The third-order valence-electron chi connectivity index (χ3n) is 6.12. The summed E-state index contributed by atoms with van der Waals surface area (Å²) in [4.78, 5) is 0. The quantitative estimate of drug-likeness (QED) is 0.143. The molecule has 0 spiro atoms. The topological polar surface area (TPSA) is 34.1 Å². The Hall–Kier alpha value is -0.0500.